The lowest BCUT2D eigenvalue weighted by atomic mass is 10.0. The zero-order valence-corrected chi connectivity index (χ0v) is 17.1. The minimum Gasteiger partial charge on any atom is -0.494 e. The summed E-state index contributed by atoms with van der Waals surface area (Å²) >= 11 is 5.99. The van der Waals surface area contributed by atoms with Gasteiger partial charge in [-0.3, -0.25) is 14.9 Å². The number of pyridine rings is 1. The summed E-state index contributed by atoms with van der Waals surface area (Å²) in [5.41, 5.74) is 2.71. The SMILES string of the molecule is COc1cc([N+](=O)[O-])ccc1NC(=O)c1cc(-c2ccc(Cl)cc2)nc2ccccc12. The number of rotatable bonds is 5. The molecule has 0 unspecified atom stereocenters. The van der Waals surface area contributed by atoms with Gasteiger partial charge in [-0.2, -0.15) is 0 Å². The van der Waals surface area contributed by atoms with Crippen LogP contribution in [0.15, 0.2) is 72.8 Å². The molecule has 31 heavy (non-hydrogen) atoms. The average Bonchev–Trinajstić information content (AvgIpc) is 2.78. The van der Waals surface area contributed by atoms with Crippen LogP contribution in [0.1, 0.15) is 10.4 Å². The highest BCUT2D eigenvalue weighted by Crippen LogP contribution is 2.31. The Labute approximate surface area is 182 Å². The molecule has 0 spiro atoms. The number of hydrogen-bond acceptors (Lipinski definition) is 5. The van der Waals surface area contributed by atoms with E-state index in [1.807, 2.05) is 36.4 Å². The van der Waals surface area contributed by atoms with Crippen molar-refractivity contribution >= 4 is 39.8 Å². The van der Waals surface area contributed by atoms with Gasteiger partial charge >= 0.3 is 0 Å². The molecule has 1 heterocycles. The third-order valence-corrected chi connectivity index (χ3v) is 5.00. The number of nitro benzene ring substituents is 1. The van der Waals surface area contributed by atoms with Gasteiger partial charge in [0.15, 0.2) is 0 Å². The molecule has 1 N–H and O–H groups in total. The molecular weight excluding hydrogens is 418 g/mol. The predicted molar refractivity (Wildman–Crippen MR) is 120 cm³/mol. The summed E-state index contributed by atoms with van der Waals surface area (Å²) < 4.78 is 5.22. The molecule has 154 valence electrons. The molecule has 0 radical (unpaired) electrons. The predicted octanol–water partition coefficient (Wildman–Crippen LogP) is 5.72. The van der Waals surface area contributed by atoms with Crippen molar-refractivity contribution in [1.82, 2.24) is 4.98 Å². The summed E-state index contributed by atoms with van der Waals surface area (Å²) in [5.74, 6) is -0.195. The van der Waals surface area contributed by atoms with Gasteiger partial charge in [0, 0.05) is 22.0 Å². The summed E-state index contributed by atoms with van der Waals surface area (Å²) in [4.78, 5) is 28.4. The first-order valence-corrected chi connectivity index (χ1v) is 9.63. The molecule has 4 rings (SSSR count). The topological polar surface area (TPSA) is 94.4 Å². The number of carbonyl (C=O) groups is 1. The van der Waals surface area contributed by atoms with E-state index < -0.39 is 4.92 Å². The number of aromatic nitrogens is 1. The number of para-hydroxylation sites is 1. The maximum atomic E-state index is 13.2. The Kier molecular flexibility index (Phi) is 5.51. The van der Waals surface area contributed by atoms with Crippen molar-refractivity contribution in [3.8, 4) is 17.0 Å². The van der Waals surface area contributed by atoms with E-state index in [0.29, 0.717) is 32.9 Å². The van der Waals surface area contributed by atoms with Crippen LogP contribution in [-0.4, -0.2) is 22.9 Å². The normalized spacial score (nSPS) is 10.6. The first-order valence-electron chi connectivity index (χ1n) is 9.26. The van der Waals surface area contributed by atoms with Crippen molar-refractivity contribution in [2.45, 2.75) is 0 Å². The van der Waals surface area contributed by atoms with E-state index in [0.717, 1.165) is 5.56 Å². The molecule has 3 aromatic carbocycles. The van der Waals surface area contributed by atoms with E-state index in [-0.39, 0.29) is 17.3 Å². The van der Waals surface area contributed by atoms with Gasteiger partial charge in [-0.15, -0.1) is 0 Å². The van der Waals surface area contributed by atoms with Crippen LogP contribution in [0.5, 0.6) is 5.75 Å². The number of ether oxygens (including phenoxy) is 1. The molecule has 0 aliphatic rings. The molecule has 1 amide bonds. The fraction of sp³-hybridized carbons (Fsp3) is 0.0435. The third-order valence-electron chi connectivity index (χ3n) is 4.74. The monoisotopic (exact) mass is 433 g/mol. The molecule has 0 saturated carbocycles. The van der Waals surface area contributed by atoms with E-state index in [4.69, 9.17) is 16.3 Å². The van der Waals surface area contributed by atoms with Crippen LogP contribution in [0.3, 0.4) is 0 Å². The number of fused-ring (bicyclic) bond motifs is 1. The van der Waals surface area contributed by atoms with Crippen LogP contribution in [0.25, 0.3) is 22.2 Å². The molecule has 0 fully saturated rings. The molecule has 0 saturated heterocycles. The number of amides is 1. The summed E-state index contributed by atoms with van der Waals surface area (Å²) in [6.07, 6.45) is 0. The maximum Gasteiger partial charge on any atom is 0.273 e. The Morgan fingerprint density at radius 1 is 1.06 bits per heavy atom. The van der Waals surface area contributed by atoms with Crippen LogP contribution in [-0.2, 0) is 0 Å². The highest BCUT2D eigenvalue weighted by atomic mass is 35.5. The number of carbonyl (C=O) groups excluding carboxylic acids is 1. The van der Waals surface area contributed by atoms with E-state index >= 15 is 0 Å². The number of halogens is 1. The second kappa shape index (κ2) is 8.41. The number of nitrogens with zero attached hydrogens (tertiary/aromatic N) is 2. The van der Waals surface area contributed by atoms with Crippen molar-refractivity contribution in [1.29, 1.82) is 0 Å². The molecule has 7 nitrogen and oxygen atoms in total. The fourth-order valence-electron chi connectivity index (χ4n) is 3.22. The summed E-state index contributed by atoms with van der Waals surface area (Å²) in [7, 11) is 1.38. The lowest BCUT2D eigenvalue weighted by Gasteiger charge is -2.13. The molecule has 0 atom stereocenters. The number of methoxy groups -OCH3 is 1. The summed E-state index contributed by atoms with van der Waals surface area (Å²) in [6, 6.07) is 20.2. The number of non-ortho nitro benzene ring substituents is 1. The van der Waals surface area contributed by atoms with Crippen molar-refractivity contribution in [2.75, 3.05) is 12.4 Å². The zero-order chi connectivity index (χ0) is 22.0. The first kappa shape index (κ1) is 20.3. The van der Waals surface area contributed by atoms with Gasteiger partial charge < -0.3 is 10.1 Å². The molecule has 0 aliphatic heterocycles. The van der Waals surface area contributed by atoms with Gasteiger partial charge in [0.2, 0.25) is 0 Å². The van der Waals surface area contributed by atoms with Crippen molar-refractivity contribution in [3.05, 3.63) is 93.5 Å². The van der Waals surface area contributed by atoms with E-state index in [9.17, 15) is 14.9 Å². The van der Waals surface area contributed by atoms with Gasteiger partial charge in [-0.05, 0) is 30.3 Å². The Morgan fingerprint density at radius 2 is 1.81 bits per heavy atom. The molecule has 4 aromatic rings. The highest BCUT2D eigenvalue weighted by Gasteiger charge is 2.17. The van der Waals surface area contributed by atoms with E-state index in [1.54, 1.807) is 18.2 Å². The summed E-state index contributed by atoms with van der Waals surface area (Å²) in [6.45, 7) is 0. The maximum absolute atomic E-state index is 13.2. The van der Waals surface area contributed by atoms with Gasteiger partial charge in [0.1, 0.15) is 5.75 Å². The lowest BCUT2D eigenvalue weighted by molar-refractivity contribution is -0.384. The van der Waals surface area contributed by atoms with Crippen molar-refractivity contribution in [2.24, 2.45) is 0 Å². The zero-order valence-electron chi connectivity index (χ0n) is 16.3. The van der Waals surface area contributed by atoms with Crippen molar-refractivity contribution in [3.63, 3.8) is 0 Å². The molecule has 8 heteroatoms. The Hall–Kier alpha value is -3.97. The minimum atomic E-state index is -0.525. The fourth-order valence-corrected chi connectivity index (χ4v) is 3.34. The summed E-state index contributed by atoms with van der Waals surface area (Å²) in [5, 5.41) is 15.1. The number of hydrogen-bond donors (Lipinski definition) is 1. The number of anilines is 1. The average molecular weight is 434 g/mol. The van der Waals surface area contributed by atoms with Gasteiger partial charge in [-0.25, -0.2) is 4.98 Å². The van der Waals surface area contributed by atoms with E-state index in [1.165, 1.54) is 25.3 Å². The third kappa shape index (κ3) is 4.17. The molecule has 0 aliphatic carbocycles. The standard InChI is InChI=1S/C23H16ClN3O4/c1-31-22-12-16(27(29)30)10-11-20(22)26-23(28)18-13-21(14-6-8-15(24)9-7-14)25-19-5-3-2-4-17(18)19/h2-13H,1H3,(H,26,28). The second-order valence-electron chi connectivity index (χ2n) is 6.67. The first-order chi connectivity index (χ1) is 15.0. The van der Waals surface area contributed by atoms with Gasteiger partial charge in [0.25, 0.3) is 11.6 Å². The van der Waals surface area contributed by atoms with Gasteiger partial charge in [-0.1, -0.05) is 41.9 Å². The number of nitrogens with one attached hydrogen (secondary N) is 1. The largest absolute Gasteiger partial charge is 0.494 e. The van der Waals surface area contributed by atoms with E-state index in [2.05, 4.69) is 10.3 Å². The smallest absolute Gasteiger partial charge is 0.273 e. The van der Waals surface area contributed by atoms with Crippen molar-refractivity contribution < 1.29 is 14.5 Å². The number of benzene rings is 3. The van der Waals surface area contributed by atoms with Crippen LogP contribution < -0.4 is 10.1 Å². The molecular formula is C23H16ClN3O4. The van der Waals surface area contributed by atoms with Gasteiger partial charge in [0.05, 0.1) is 40.6 Å². The Bertz CT molecular complexity index is 1310. The Morgan fingerprint density at radius 3 is 2.52 bits per heavy atom. The molecule has 1 aromatic heterocycles. The highest BCUT2D eigenvalue weighted by molar-refractivity contribution is 6.30. The quantitative estimate of drug-likeness (QED) is 0.320. The second-order valence-corrected chi connectivity index (χ2v) is 7.11. The van der Waals surface area contributed by atoms with Crippen LogP contribution >= 0.6 is 11.6 Å². The van der Waals surface area contributed by atoms with Crippen LogP contribution in [0.4, 0.5) is 11.4 Å². The van der Waals surface area contributed by atoms with Crippen LogP contribution in [0.2, 0.25) is 5.02 Å². The molecule has 0 bridgehead atoms. The minimum absolute atomic E-state index is 0.130. The lowest BCUT2D eigenvalue weighted by Crippen LogP contribution is -2.14. The Balaban J connectivity index is 1.77. The van der Waals surface area contributed by atoms with Crippen LogP contribution in [0, 0.1) is 10.1 Å². The number of nitro groups is 1.